The summed E-state index contributed by atoms with van der Waals surface area (Å²) in [5, 5.41) is 4.27. The maximum Gasteiger partial charge on any atom is 0.139 e. The number of nitrogens with one attached hydrogen (secondary N) is 1. The lowest BCUT2D eigenvalue weighted by molar-refractivity contribution is 1.04. The van der Waals surface area contributed by atoms with Crippen molar-refractivity contribution in [1.29, 1.82) is 0 Å². The third-order valence-corrected chi connectivity index (χ3v) is 3.04. The van der Waals surface area contributed by atoms with Crippen molar-refractivity contribution in [3.63, 3.8) is 0 Å². The van der Waals surface area contributed by atoms with Gasteiger partial charge in [-0.25, -0.2) is 9.97 Å². The molecule has 1 aromatic carbocycles. The van der Waals surface area contributed by atoms with Crippen LogP contribution in [0.15, 0.2) is 18.2 Å². The van der Waals surface area contributed by atoms with E-state index in [0.29, 0.717) is 33.2 Å². The minimum Gasteiger partial charge on any atom is -0.383 e. The van der Waals surface area contributed by atoms with Crippen molar-refractivity contribution in [3.8, 4) is 0 Å². The number of hydrogen-bond donors (Lipinski definition) is 2. The fourth-order valence-electron chi connectivity index (χ4n) is 1.49. The fourth-order valence-corrected chi connectivity index (χ4v) is 1.83. The second-order valence-corrected chi connectivity index (χ2v) is 4.72. The Balaban J connectivity index is 2.43. The largest absolute Gasteiger partial charge is 0.383 e. The smallest absolute Gasteiger partial charge is 0.139 e. The highest BCUT2D eigenvalue weighted by molar-refractivity contribution is 6.35. The predicted octanol–water partition coefficient (Wildman–Crippen LogP) is 3.73. The van der Waals surface area contributed by atoms with Crippen LogP contribution in [0.1, 0.15) is 11.4 Å². The van der Waals surface area contributed by atoms with Gasteiger partial charge in [-0.1, -0.05) is 23.2 Å². The minimum absolute atomic E-state index is 0.447. The second-order valence-electron chi connectivity index (χ2n) is 3.88. The number of aromatic nitrogens is 2. The van der Waals surface area contributed by atoms with Crippen molar-refractivity contribution in [3.05, 3.63) is 39.6 Å². The molecule has 0 atom stereocenters. The first-order valence-electron chi connectivity index (χ1n) is 5.30. The summed E-state index contributed by atoms with van der Waals surface area (Å²) in [7, 11) is 0. The number of rotatable bonds is 2. The maximum absolute atomic E-state index is 6.08. The van der Waals surface area contributed by atoms with E-state index < -0.39 is 0 Å². The summed E-state index contributed by atoms with van der Waals surface area (Å²) in [5.41, 5.74) is 7.25. The number of halogens is 2. The molecule has 0 unspecified atom stereocenters. The molecule has 18 heavy (non-hydrogen) atoms. The summed E-state index contributed by atoms with van der Waals surface area (Å²) in [6.07, 6.45) is 0. The maximum atomic E-state index is 6.08. The molecule has 0 saturated carbocycles. The Kier molecular flexibility index (Phi) is 3.59. The van der Waals surface area contributed by atoms with Crippen LogP contribution in [0.5, 0.6) is 0 Å². The van der Waals surface area contributed by atoms with Gasteiger partial charge in [0.2, 0.25) is 0 Å². The summed E-state index contributed by atoms with van der Waals surface area (Å²) in [6, 6.07) is 5.18. The van der Waals surface area contributed by atoms with Crippen LogP contribution in [0.4, 0.5) is 17.3 Å². The van der Waals surface area contributed by atoms with Crippen LogP contribution >= 0.6 is 23.2 Å². The first-order valence-corrected chi connectivity index (χ1v) is 6.06. The number of nitrogen functional groups attached to an aromatic ring is 1. The molecule has 0 fully saturated rings. The van der Waals surface area contributed by atoms with E-state index in [9.17, 15) is 0 Å². The number of nitrogens with two attached hydrogens (primary N) is 1. The Morgan fingerprint density at radius 1 is 1.17 bits per heavy atom. The third-order valence-electron chi connectivity index (χ3n) is 2.48. The Morgan fingerprint density at radius 2 is 1.89 bits per heavy atom. The Hall–Kier alpha value is -1.52. The summed E-state index contributed by atoms with van der Waals surface area (Å²) in [4.78, 5) is 8.38. The molecular formula is C12H12Cl2N4. The summed E-state index contributed by atoms with van der Waals surface area (Å²) in [6.45, 7) is 3.62. The van der Waals surface area contributed by atoms with Crippen LogP contribution < -0.4 is 11.1 Å². The van der Waals surface area contributed by atoms with E-state index in [1.807, 2.05) is 6.92 Å². The highest BCUT2D eigenvalue weighted by Gasteiger charge is 2.09. The molecule has 2 rings (SSSR count). The van der Waals surface area contributed by atoms with Crippen molar-refractivity contribution in [2.24, 2.45) is 0 Å². The number of benzene rings is 1. The third kappa shape index (κ3) is 2.66. The second kappa shape index (κ2) is 5.00. The molecular weight excluding hydrogens is 271 g/mol. The first-order chi connectivity index (χ1) is 8.47. The van der Waals surface area contributed by atoms with Crippen molar-refractivity contribution < 1.29 is 0 Å². The molecule has 94 valence electrons. The van der Waals surface area contributed by atoms with E-state index in [4.69, 9.17) is 28.9 Å². The normalized spacial score (nSPS) is 10.4. The highest BCUT2D eigenvalue weighted by Crippen LogP contribution is 2.29. The van der Waals surface area contributed by atoms with Gasteiger partial charge in [0.25, 0.3) is 0 Å². The number of nitrogens with zero attached hydrogens (tertiary/aromatic N) is 2. The van der Waals surface area contributed by atoms with E-state index in [1.165, 1.54) is 0 Å². The van der Waals surface area contributed by atoms with Gasteiger partial charge in [0.1, 0.15) is 17.5 Å². The minimum atomic E-state index is 0.447. The monoisotopic (exact) mass is 282 g/mol. The van der Waals surface area contributed by atoms with Gasteiger partial charge in [-0.2, -0.15) is 0 Å². The zero-order valence-corrected chi connectivity index (χ0v) is 11.5. The Morgan fingerprint density at radius 3 is 2.61 bits per heavy atom. The van der Waals surface area contributed by atoms with Crippen molar-refractivity contribution >= 4 is 40.5 Å². The summed E-state index contributed by atoms with van der Waals surface area (Å²) < 4.78 is 0. The van der Waals surface area contributed by atoms with Crippen LogP contribution in [0.25, 0.3) is 0 Å². The van der Waals surface area contributed by atoms with Gasteiger partial charge in [-0.3, -0.25) is 0 Å². The molecule has 2 aromatic rings. The average Bonchev–Trinajstić information content (AvgIpc) is 2.30. The molecule has 6 heteroatoms. The van der Waals surface area contributed by atoms with E-state index >= 15 is 0 Å². The Bertz CT molecular complexity index is 599. The van der Waals surface area contributed by atoms with E-state index in [1.54, 1.807) is 25.1 Å². The SMILES string of the molecule is Cc1nc(N)c(C)c(Nc2cc(Cl)ccc2Cl)n1. The molecule has 0 aliphatic heterocycles. The van der Waals surface area contributed by atoms with E-state index in [2.05, 4.69) is 15.3 Å². The van der Waals surface area contributed by atoms with Gasteiger partial charge >= 0.3 is 0 Å². The molecule has 0 amide bonds. The standard InChI is InChI=1S/C12H12Cl2N4/c1-6-11(15)16-7(2)17-12(6)18-10-5-8(13)3-4-9(10)14/h3-5H,1-2H3,(H3,15,16,17,18). The highest BCUT2D eigenvalue weighted by atomic mass is 35.5. The lowest BCUT2D eigenvalue weighted by Gasteiger charge is -2.12. The number of anilines is 3. The number of aryl methyl sites for hydroxylation is 1. The van der Waals surface area contributed by atoms with Crippen LogP contribution in [-0.2, 0) is 0 Å². The van der Waals surface area contributed by atoms with Gasteiger partial charge < -0.3 is 11.1 Å². The Labute approximate surface area is 115 Å². The van der Waals surface area contributed by atoms with Gasteiger partial charge in [0.15, 0.2) is 0 Å². The van der Waals surface area contributed by atoms with Gasteiger partial charge in [-0.05, 0) is 32.0 Å². The molecule has 0 aliphatic carbocycles. The molecule has 0 bridgehead atoms. The molecule has 1 heterocycles. The van der Waals surface area contributed by atoms with Crippen LogP contribution in [0.3, 0.4) is 0 Å². The van der Waals surface area contributed by atoms with Crippen molar-refractivity contribution in [2.45, 2.75) is 13.8 Å². The van der Waals surface area contributed by atoms with Crippen molar-refractivity contribution in [1.82, 2.24) is 9.97 Å². The summed E-state index contributed by atoms with van der Waals surface area (Å²) >= 11 is 12.0. The molecule has 3 N–H and O–H groups in total. The molecule has 0 aliphatic rings. The van der Waals surface area contributed by atoms with Crippen LogP contribution in [0.2, 0.25) is 10.0 Å². The van der Waals surface area contributed by atoms with Crippen molar-refractivity contribution in [2.75, 3.05) is 11.1 Å². The quantitative estimate of drug-likeness (QED) is 0.881. The lowest BCUT2D eigenvalue weighted by Crippen LogP contribution is -2.05. The zero-order valence-electron chi connectivity index (χ0n) is 9.96. The first kappa shape index (κ1) is 12.9. The topological polar surface area (TPSA) is 63.8 Å². The molecule has 1 aromatic heterocycles. The summed E-state index contributed by atoms with van der Waals surface area (Å²) in [5.74, 6) is 1.67. The molecule has 4 nitrogen and oxygen atoms in total. The molecule has 0 saturated heterocycles. The fraction of sp³-hybridized carbons (Fsp3) is 0.167. The van der Waals surface area contributed by atoms with Crippen LogP contribution in [0, 0.1) is 13.8 Å². The predicted molar refractivity (Wildman–Crippen MR) is 75.7 cm³/mol. The zero-order chi connectivity index (χ0) is 13.3. The van der Waals surface area contributed by atoms with Gasteiger partial charge in [-0.15, -0.1) is 0 Å². The average molecular weight is 283 g/mol. The molecule has 0 radical (unpaired) electrons. The van der Waals surface area contributed by atoms with E-state index in [-0.39, 0.29) is 0 Å². The van der Waals surface area contributed by atoms with Crippen LogP contribution in [-0.4, -0.2) is 9.97 Å². The lowest BCUT2D eigenvalue weighted by atomic mass is 10.2. The number of hydrogen-bond acceptors (Lipinski definition) is 4. The van der Waals surface area contributed by atoms with E-state index in [0.717, 1.165) is 5.56 Å². The molecule has 0 spiro atoms. The van der Waals surface area contributed by atoms with Gasteiger partial charge in [0.05, 0.1) is 10.7 Å². The van der Waals surface area contributed by atoms with Gasteiger partial charge in [0, 0.05) is 10.6 Å².